The normalized spacial score (nSPS) is 15.2. The number of carbonyl (C=O) groups is 1. The van der Waals surface area contributed by atoms with E-state index in [1.54, 1.807) is 6.92 Å². The third-order valence-corrected chi connectivity index (χ3v) is 7.07. The van der Waals surface area contributed by atoms with Crippen molar-refractivity contribution in [2.75, 3.05) is 37.7 Å². The van der Waals surface area contributed by atoms with Crippen LogP contribution in [0.1, 0.15) is 43.9 Å². The molecular weight excluding hydrogens is 531 g/mol. The zero-order valence-corrected chi connectivity index (χ0v) is 24.2. The van der Waals surface area contributed by atoms with E-state index in [0.29, 0.717) is 25.8 Å². The van der Waals surface area contributed by atoms with Gasteiger partial charge in [0.2, 0.25) is 6.41 Å². The molecule has 3 aromatic rings. The molecule has 6 nitrogen and oxygen atoms in total. The fourth-order valence-corrected chi connectivity index (χ4v) is 4.99. The van der Waals surface area contributed by atoms with Gasteiger partial charge in [-0.25, -0.2) is 0 Å². The van der Waals surface area contributed by atoms with Gasteiger partial charge in [-0.05, 0) is 74.2 Å². The van der Waals surface area contributed by atoms with E-state index in [4.69, 9.17) is 15.2 Å². The van der Waals surface area contributed by atoms with E-state index in [-0.39, 0.29) is 11.3 Å². The van der Waals surface area contributed by atoms with Crippen LogP contribution in [0.5, 0.6) is 11.5 Å². The summed E-state index contributed by atoms with van der Waals surface area (Å²) in [7, 11) is 0. The summed E-state index contributed by atoms with van der Waals surface area (Å²) in [6.45, 7) is 11.1. The van der Waals surface area contributed by atoms with Crippen LogP contribution in [0.25, 0.3) is 11.1 Å². The number of piperazine rings is 1. The second-order valence-corrected chi connectivity index (χ2v) is 9.74. The van der Waals surface area contributed by atoms with Crippen LogP contribution in [0.2, 0.25) is 0 Å². The van der Waals surface area contributed by atoms with Crippen molar-refractivity contribution in [3.05, 3.63) is 77.4 Å². The van der Waals surface area contributed by atoms with Crippen molar-refractivity contribution in [3.63, 3.8) is 0 Å². The first-order valence-electron chi connectivity index (χ1n) is 14.0. The summed E-state index contributed by atoms with van der Waals surface area (Å²) in [5.74, 6) is 1.15. The van der Waals surface area contributed by atoms with Gasteiger partial charge in [0.1, 0.15) is 11.5 Å². The second kappa shape index (κ2) is 14.8. The second-order valence-electron chi connectivity index (χ2n) is 9.74. The average Bonchev–Trinajstić information content (AvgIpc) is 2.98. The maximum atomic E-state index is 12.4. The summed E-state index contributed by atoms with van der Waals surface area (Å²) in [6, 6.07) is 18.9. The molecule has 1 amide bonds. The molecule has 3 aromatic carbocycles. The van der Waals surface area contributed by atoms with Crippen molar-refractivity contribution in [2.24, 2.45) is 5.73 Å². The lowest BCUT2D eigenvalue weighted by atomic mass is 9.99. The molecule has 0 bridgehead atoms. The Labute approximate surface area is 240 Å². The van der Waals surface area contributed by atoms with Crippen LogP contribution in [0.3, 0.4) is 0 Å². The number of alkyl halides is 3. The van der Waals surface area contributed by atoms with Gasteiger partial charge in [0.25, 0.3) is 0 Å². The van der Waals surface area contributed by atoms with Gasteiger partial charge in [-0.15, -0.1) is 0 Å². The molecule has 1 aliphatic rings. The maximum absolute atomic E-state index is 12.4. The number of aryl methyl sites for hydroxylation is 1. The third-order valence-electron chi connectivity index (χ3n) is 7.07. The lowest BCUT2D eigenvalue weighted by Crippen LogP contribution is -2.52. The Morgan fingerprint density at radius 1 is 0.976 bits per heavy atom. The van der Waals surface area contributed by atoms with Crippen LogP contribution < -0.4 is 20.1 Å². The number of benzene rings is 3. The molecule has 41 heavy (non-hydrogen) atoms. The van der Waals surface area contributed by atoms with Crippen molar-refractivity contribution >= 4 is 12.1 Å². The molecule has 1 unspecified atom stereocenters. The number of nitrogens with two attached hydrogens (primary N) is 1. The molecule has 1 atom stereocenters. The Morgan fingerprint density at radius 2 is 1.71 bits per heavy atom. The topological polar surface area (TPSA) is 68.0 Å². The largest absolute Gasteiger partial charge is 0.494 e. The van der Waals surface area contributed by atoms with Gasteiger partial charge in [-0.2, -0.15) is 13.2 Å². The first-order valence-corrected chi connectivity index (χ1v) is 14.0. The molecule has 2 N–H and O–H groups in total. The average molecular weight is 572 g/mol. The summed E-state index contributed by atoms with van der Waals surface area (Å²) in [6.07, 6.45) is -2.36. The minimum absolute atomic E-state index is 0.209. The highest BCUT2D eigenvalue weighted by atomic mass is 19.4. The number of halogens is 3. The van der Waals surface area contributed by atoms with Gasteiger partial charge < -0.3 is 25.0 Å². The van der Waals surface area contributed by atoms with Crippen molar-refractivity contribution in [1.82, 2.24) is 4.90 Å². The van der Waals surface area contributed by atoms with Gasteiger partial charge in [-0.3, -0.25) is 4.79 Å². The Bertz CT molecular complexity index is 1280. The number of ether oxygens (including phenoxy) is 2. The summed E-state index contributed by atoms with van der Waals surface area (Å²) in [5.41, 5.74) is 10.2. The lowest BCUT2D eigenvalue weighted by Gasteiger charge is -2.42. The van der Waals surface area contributed by atoms with E-state index in [1.165, 1.54) is 24.7 Å². The number of carbonyl (C=O) groups excluding carboxylic acids is 1. The Balaban J connectivity index is 0.000000278. The summed E-state index contributed by atoms with van der Waals surface area (Å²) < 4.78 is 48.0. The minimum atomic E-state index is -4.31. The fraction of sp³-hybridized carbons (Fsp3) is 0.406. The molecule has 9 heteroatoms. The number of nitrogens with zero attached hydrogens (tertiary/aromatic N) is 2. The monoisotopic (exact) mass is 571 g/mol. The molecule has 1 aliphatic heterocycles. The summed E-state index contributed by atoms with van der Waals surface area (Å²) in [5, 5.41) is 0. The summed E-state index contributed by atoms with van der Waals surface area (Å²) in [4.78, 5) is 15.4. The SMILES string of the molecule is CCOc1ccc(C)c(C(F)(F)F)c1.CCOc1ccccc1-c1ccc(N2CCN(C=O)CC2CC)c(CN)c1. The highest BCUT2D eigenvalue weighted by Crippen LogP contribution is 2.35. The zero-order chi connectivity index (χ0) is 30.0. The van der Waals surface area contributed by atoms with Gasteiger partial charge in [0, 0.05) is 43.5 Å². The smallest absolute Gasteiger partial charge is 0.416 e. The van der Waals surface area contributed by atoms with E-state index in [2.05, 4.69) is 36.1 Å². The molecule has 0 aliphatic carbocycles. The van der Waals surface area contributed by atoms with E-state index < -0.39 is 11.7 Å². The summed E-state index contributed by atoms with van der Waals surface area (Å²) >= 11 is 0. The predicted octanol–water partition coefficient (Wildman–Crippen LogP) is 6.68. The van der Waals surface area contributed by atoms with Gasteiger partial charge in [-0.1, -0.05) is 37.3 Å². The van der Waals surface area contributed by atoms with E-state index in [9.17, 15) is 18.0 Å². The lowest BCUT2D eigenvalue weighted by molar-refractivity contribution is -0.138. The van der Waals surface area contributed by atoms with Crippen LogP contribution >= 0.6 is 0 Å². The van der Waals surface area contributed by atoms with Crippen molar-refractivity contribution < 1.29 is 27.4 Å². The van der Waals surface area contributed by atoms with Crippen molar-refractivity contribution in [3.8, 4) is 22.6 Å². The molecule has 0 spiro atoms. The molecule has 1 heterocycles. The van der Waals surface area contributed by atoms with Crippen LogP contribution in [-0.2, 0) is 17.5 Å². The molecular formula is C32H40F3N3O3. The van der Waals surface area contributed by atoms with Crippen LogP contribution in [-0.4, -0.2) is 50.2 Å². The molecule has 0 radical (unpaired) electrons. The van der Waals surface area contributed by atoms with Gasteiger partial charge >= 0.3 is 6.18 Å². The zero-order valence-electron chi connectivity index (χ0n) is 24.2. The van der Waals surface area contributed by atoms with Gasteiger partial charge in [0.05, 0.1) is 18.8 Å². The molecule has 222 valence electrons. The predicted molar refractivity (Wildman–Crippen MR) is 157 cm³/mol. The quantitative estimate of drug-likeness (QED) is 0.290. The Kier molecular flexibility index (Phi) is 11.5. The number of rotatable bonds is 9. The number of hydrogen-bond donors (Lipinski definition) is 1. The molecule has 1 fully saturated rings. The molecule has 1 saturated heterocycles. The first-order chi connectivity index (χ1) is 19.7. The van der Waals surface area contributed by atoms with Crippen LogP contribution in [0, 0.1) is 6.92 Å². The minimum Gasteiger partial charge on any atom is -0.494 e. The number of anilines is 1. The van der Waals surface area contributed by atoms with Crippen LogP contribution in [0.15, 0.2) is 60.7 Å². The Morgan fingerprint density at radius 3 is 2.34 bits per heavy atom. The number of hydrogen-bond acceptors (Lipinski definition) is 5. The van der Waals surface area contributed by atoms with E-state index in [1.807, 2.05) is 30.0 Å². The maximum Gasteiger partial charge on any atom is 0.416 e. The highest BCUT2D eigenvalue weighted by Gasteiger charge is 2.32. The van der Waals surface area contributed by atoms with Gasteiger partial charge in [0.15, 0.2) is 0 Å². The third kappa shape index (κ3) is 8.16. The van der Waals surface area contributed by atoms with E-state index >= 15 is 0 Å². The standard InChI is InChI=1S/C22H29N3O2.C10H11F3O/c1-3-19-15-24(16-26)11-12-25(19)21-10-9-17(13-18(21)14-23)20-7-5-6-8-22(20)27-4-2;1-3-14-8-5-4-7(2)9(6-8)10(11,12)13/h5-10,13,16,19H,3-4,11-12,14-15,23H2,1-2H3;4-6H,3H2,1-2H3. The molecule has 4 rings (SSSR count). The number of amides is 1. The van der Waals surface area contributed by atoms with Crippen molar-refractivity contribution in [2.45, 2.75) is 52.9 Å². The van der Waals surface area contributed by atoms with Crippen LogP contribution in [0.4, 0.5) is 18.9 Å². The number of para-hydroxylation sites is 1. The molecule has 0 aromatic heterocycles. The highest BCUT2D eigenvalue weighted by molar-refractivity contribution is 5.74. The van der Waals surface area contributed by atoms with E-state index in [0.717, 1.165) is 61.0 Å². The molecule has 0 saturated carbocycles. The first kappa shape index (κ1) is 31.8. The fourth-order valence-electron chi connectivity index (χ4n) is 4.99. The van der Waals surface area contributed by atoms with Crippen molar-refractivity contribution in [1.29, 1.82) is 0 Å². The Hall–Kier alpha value is -3.72.